The summed E-state index contributed by atoms with van der Waals surface area (Å²) < 4.78 is 31.9. The summed E-state index contributed by atoms with van der Waals surface area (Å²) >= 11 is 0. The van der Waals surface area contributed by atoms with Crippen LogP contribution in [0.5, 0.6) is 0 Å². The number of aromatic carboxylic acids is 1. The van der Waals surface area contributed by atoms with E-state index in [0.29, 0.717) is 12.5 Å². The molecule has 2 N–H and O–H groups in total. The Balaban J connectivity index is 2.25. The van der Waals surface area contributed by atoms with Crippen LogP contribution in [0.25, 0.3) is 0 Å². The summed E-state index contributed by atoms with van der Waals surface area (Å²) in [5.41, 5.74) is -0.281. The lowest BCUT2D eigenvalue weighted by Gasteiger charge is -2.06. The molecule has 0 aromatic carbocycles. The number of nitrogens with one attached hydrogen (secondary N) is 1. The fourth-order valence-corrected chi connectivity index (χ4v) is 3.56. The van der Waals surface area contributed by atoms with Gasteiger partial charge in [0.25, 0.3) is 0 Å². The van der Waals surface area contributed by atoms with Gasteiger partial charge in [-0.25, -0.2) is 17.9 Å². The van der Waals surface area contributed by atoms with Crippen LogP contribution < -0.4 is 4.72 Å². The summed E-state index contributed by atoms with van der Waals surface area (Å²) in [4.78, 5) is 10.9. The van der Waals surface area contributed by atoms with Gasteiger partial charge in [0, 0.05) is 6.54 Å². The fraction of sp³-hybridized carbons (Fsp3) is 0.583. The maximum atomic E-state index is 12.2. The van der Waals surface area contributed by atoms with Gasteiger partial charge in [-0.3, -0.25) is 0 Å². The summed E-state index contributed by atoms with van der Waals surface area (Å²) in [7, 11) is -3.84. The molecule has 0 spiro atoms. The highest BCUT2D eigenvalue weighted by molar-refractivity contribution is 7.89. The second-order valence-corrected chi connectivity index (χ2v) is 6.56. The zero-order valence-electron chi connectivity index (χ0n) is 10.9. The van der Waals surface area contributed by atoms with Gasteiger partial charge in [-0.05, 0) is 26.2 Å². The van der Waals surface area contributed by atoms with Crippen LogP contribution >= 0.6 is 0 Å². The van der Waals surface area contributed by atoms with Crippen LogP contribution in [0.4, 0.5) is 0 Å². The van der Waals surface area contributed by atoms with Crippen molar-refractivity contribution in [2.24, 2.45) is 5.92 Å². The van der Waals surface area contributed by atoms with E-state index in [4.69, 9.17) is 9.52 Å². The minimum absolute atomic E-state index is 0.104. The number of carboxylic acids is 1. The molecule has 1 aromatic rings. The van der Waals surface area contributed by atoms with E-state index in [2.05, 4.69) is 4.72 Å². The Labute approximate surface area is 111 Å². The zero-order chi connectivity index (χ0) is 14.2. The van der Waals surface area contributed by atoms with Crippen molar-refractivity contribution < 1.29 is 22.7 Å². The van der Waals surface area contributed by atoms with Gasteiger partial charge in [0.15, 0.2) is 0 Å². The lowest BCUT2D eigenvalue weighted by molar-refractivity contribution is 0.0691. The molecule has 106 valence electrons. The minimum Gasteiger partial charge on any atom is -0.478 e. The maximum Gasteiger partial charge on any atom is 0.340 e. The van der Waals surface area contributed by atoms with E-state index in [-0.39, 0.29) is 22.0 Å². The molecule has 0 amide bonds. The molecule has 0 saturated heterocycles. The number of aryl methyl sites for hydroxylation is 2. The molecule has 0 radical (unpaired) electrons. The van der Waals surface area contributed by atoms with Gasteiger partial charge in [-0.15, -0.1) is 0 Å². The molecule has 7 heteroatoms. The van der Waals surface area contributed by atoms with E-state index in [1.54, 1.807) is 0 Å². The van der Waals surface area contributed by atoms with Crippen LogP contribution in [0.3, 0.4) is 0 Å². The normalized spacial score (nSPS) is 15.7. The standard InChI is InChI=1S/C12H17NO5S/c1-7-10(12(14)15)11(8(2)18-7)19(16,17)13-6-5-9-3-4-9/h9,13H,3-6H2,1-2H3,(H,14,15). The first-order chi connectivity index (χ1) is 8.83. The fourth-order valence-electron chi connectivity index (χ4n) is 2.11. The Morgan fingerprint density at radius 3 is 2.53 bits per heavy atom. The molecule has 1 aromatic heterocycles. The molecule has 0 unspecified atom stereocenters. The largest absolute Gasteiger partial charge is 0.478 e. The van der Waals surface area contributed by atoms with E-state index in [9.17, 15) is 13.2 Å². The zero-order valence-corrected chi connectivity index (χ0v) is 11.7. The van der Waals surface area contributed by atoms with Crippen LogP contribution in [0.15, 0.2) is 9.31 Å². The van der Waals surface area contributed by atoms with Gasteiger partial charge < -0.3 is 9.52 Å². The summed E-state index contributed by atoms with van der Waals surface area (Å²) in [6.07, 6.45) is 3.08. The molecular formula is C12H17NO5S. The Bertz CT molecular complexity index is 598. The molecule has 6 nitrogen and oxygen atoms in total. The molecule has 19 heavy (non-hydrogen) atoms. The van der Waals surface area contributed by atoms with Crippen molar-refractivity contribution in [3.05, 3.63) is 17.1 Å². The van der Waals surface area contributed by atoms with Crippen LogP contribution in [-0.4, -0.2) is 26.0 Å². The Morgan fingerprint density at radius 1 is 1.37 bits per heavy atom. The van der Waals surface area contributed by atoms with Gasteiger partial charge in [-0.1, -0.05) is 12.8 Å². The first kappa shape index (κ1) is 14.1. The van der Waals surface area contributed by atoms with E-state index < -0.39 is 16.0 Å². The van der Waals surface area contributed by atoms with Gasteiger partial charge in [-0.2, -0.15) is 0 Å². The summed E-state index contributed by atoms with van der Waals surface area (Å²) in [5, 5.41) is 9.09. The third kappa shape index (κ3) is 2.98. The SMILES string of the molecule is Cc1oc(C)c(S(=O)(=O)NCCC2CC2)c1C(=O)O. The third-order valence-electron chi connectivity index (χ3n) is 3.23. The van der Waals surface area contributed by atoms with E-state index in [1.807, 2.05) is 0 Å². The highest BCUT2D eigenvalue weighted by atomic mass is 32.2. The number of furan rings is 1. The molecule has 2 rings (SSSR count). The number of hydrogen-bond acceptors (Lipinski definition) is 4. The van der Waals surface area contributed by atoms with Crippen molar-refractivity contribution in [1.82, 2.24) is 4.72 Å². The second kappa shape index (κ2) is 4.97. The first-order valence-electron chi connectivity index (χ1n) is 6.16. The third-order valence-corrected chi connectivity index (χ3v) is 4.84. The van der Waals surface area contributed by atoms with Crippen molar-refractivity contribution in [1.29, 1.82) is 0 Å². The van der Waals surface area contributed by atoms with Gasteiger partial charge in [0.05, 0.1) is 0 Å². The summed E-state index contributed by atoms with van der Waals surface area (Å²) in [5.74, 6) is -0.480. The van der Waals surface area contributed by atoms with E-state index >= 15 is 0 Å². The van der Waals surface area contributed by atoms with Crippen LogP contribution in [0, 0.1) is 19.8 Å². The smallest absolute Gasteiger partial charge is 0.340 e. The lowest BCUT2D eigenvalue weighted by atomic mass is 10.2. The van der Waals surface area contributed by atoms with Crippen molar-refractivity contribution >= 4 is 16.0 Å². The molecule has 0 bridgehead atoms. The van der Waals surface area contributed by atoms with Crippen molar-refractivity contribution in [2.75, 3.05) is 6.54 Å². The lowest BCUT2D eigenvalue weighted by Crippen LogP contribution is -2.27. The molecule has 1 aliphatic rings. The summed E-state index contributed by atoms with van der Waals surface area (Å²) in [6, 6.07) is 0. The average molecular weight is 287 g/mol. The van der Waals surface area contributed by atoms with Crippen molar-refractivity contribution in [2.45, 2.75) is 38.0 Å². The Hall–Kier alpha value is -1.34. The van der Waals surface area contributed by atoms with Crippen LogP contribution in [0.1, 0.15) is 41.1 Å². The quantitative estimate of drug-likeness (QED) is 0.829. The van der Waals surface area contributed by atoms with E-state index in [0.717, 1.165) is 19.3 Å². The summed E-state index contributed by atoms with van der Waals surface area (Å²) in [6.45, 7) is 3.23. The average Bonchev–Trinajstić information content (AvgIpc) is 3.02. The molecule has 1 fully saturated rings. The minimum atomic E-state index is -3.84. The molecule has 1 saturated carbocycles. The predicted octanol–water partition coefficient (Wildman–Crippen LogP) is 1.67. The van der Waals surface area contributed by atoms with Gasteiger partial charge in [0.2, 0.25) is 10.0 Å². The van der Waals surface area contributed by atoms with Crippen molar-refractivity contribution in [3.8, 4) is 0 Å². The van der Waals surface area contributed by atoms with Gasteiger partial charge in [0.1, 0.15) is 22.0 Å². The topological polar surface area (TPSA) is 96.6 Å². The number of carbonyl (C=O) groups is 1. The maximum absolute atomic E-state index is 12.2. The molecular weight excluding hydrogens is 270 g/mol. The number of rotatable bonds is 6. The second-order valence-electron chi connectivity index (χ2n) is 4.85. The molecule has 1 heterocycles. The van der Waals surface area contributed by atoms with Crippen molar-refractivity contribution in [3.63, 3.8) is 0 Å². The predicted molar refractivity (Wildman–Crippen MR) is 67.7 cm³/mol. The van der Waals surface area contributed by atoms with Gasteiger partial charge >= 0.3 is 5.97 Å². The number of carboxylic acid groups (broad SMARTS) is 1. The molecule has 1 aliphatic carbocycles. The number of hydrogen-bond donors (Lipinski definition) is 2. The highest BCUT2D eigenvalue weighted by Gasteiger charge is 2.31. The van der Waals surface area contributed by atoms with Crippen LogP contribution in [0.2, 0.25) is 0 Å². The molecule has 0 aliphatic heterocycles. The number of sulfonamides is 1. The first-order valence-corrected chi connectivity index (χ1v) is 7.64. The Kier molecular flexibility index (Phi) is 3.69. The monoisotopic (exact) mass is 287 g/mol. The van der Waals surface area contributed by atoms with E-state index in [1.165, 1.54) is 13.8 Å². The Morgan fingerprint density at radius 2 is 2.00 bits per heavy atom. The van der Waals surface area contributed by atoms with Crippen LogP contribution in [-0.2, 0) is 10.0 Å². The highest BCUT2D eigenvalue weighted by Crippen LogP contribution is 2.32. The molecule has 0 atom stereocenters.